The van der Waals surface area contributed by atoms with Crippen LogP contribution in [0.3, 0.4) is 0 Å². The number of rotatable bonds is 3. The standard InChI is InChI=1S/C13H19N3O2/c14-13(15-18)12-6-1-2-7-16(12)9-10-4-3-5-11(17)8-10/h3-5,8,12,17-18H,1-2,6-7,9H2,(H2,14,15). The third-order valence-electron chi connectivity index (χ3n) is 3.37. The fourth-order valence-corrected chi connectivity index (χ4v) is 2.47. The summed E-state index contributed by atoms with van der Waals surface area (Å²) in [4.78, 5) is 2.19. The fourth-order valence-electron chi connectivity index (χ4n) is 2.47. The minimum absolute atomic E-state index is 0.00824. The minimum Gasteiger partial charge on any atom is -0.508 e. The van der Waals surface area contributed by atoms with E-state index >= 15 is 0 Å². The molecule has 5 nitrogen and oxygen atoms in total. The van der Waals surface area contributed by atoms with Gasteiger partial charge in [0, 0.05) is 6.54 Å². The Labute approximate surface area is 107 Å². The third kappa shape index (κ3) is 2.92. The van der Waals surface area contributed by atoms with Crippen LogP contribution in [-0.4, -0.2) is 33.6 Å². The highest BCUT2D eigenvalue weighted by molar-refractivity contribution is 5.85. The summed E-state index contributed by atoms with van der Waals surface area (Å²) in [6.07, 6.45) is 3.13. The van der Waals surface area contributed by atoms with Crippen molar-refractivity contribution >= 4 is 5.84 Å². The first-order valence-corrected chi connectivity index (χ1v) is 6.20. The van der Waals surface area contributed by atoms with Crippen molar-refractivity contribution in [2.24, 2.45) is 10.9 Å². The molecule has 0 spiro atoms. The lowest BCUT2D eigenvalue weighted by Crippen LogP contribution is -2.47. The number of likely N-dealkylation sites (tertiary alicyclic amines) is 1. The molecule has 1 unspecified atom stereocenters. The van der Waals surface area contributed by atoms with E-state index in [1.54, 1.807) is 12.1 Å². The summed E-state index contributed by atoms with van der Waals surface area (Å²) in [5.74, 6) is 0.541. The molecule has 5 heteroatoms. The van der Waals surface area contributed by atoms with Gasteiger partial charge in [0.2, 0.25) is 0 Å². The molecule has 1 atom stereocenters. The highest BCUT2D eigenvalue weighted by atomic mass is 16.4. The minimum atomic E-state index is -0.00824. The molecule has 1 heterocycles. The topological polar surface area (TPSA) is 82.1 Å². The van der Waals surface area contributed by atoms with E-state index in [0.717, 1.165) is 31.4 Å². The van der Waals surface area contributed by atoms with Gasteiger partial charge < -0.3 is 16.0 Å². The Balaban J connectivity index is 2.10. The molecule has 0 saturated carbocycles. The number of hydrogen-bond donors (Lipinski definition) is 3. The summed E-state index contributed by atoms with van der Waals surface area (Å²) in [5, 5.41) is 21.4. The van der Waals surface area contributed by atoms with E-state index in [0.29, 0.717) is 6.54 Å². The van der Waals surface area contributed by atoms with E-state index in [9.17, 15) is 5.11 Å². The van der Waals surface area contributed by atoms with Gasteiger partial charge in [0.1, 0.15) is 5.75 Å². The van der Waals surface area contributed by atoms with Gasteiger partial charge in [-0.05, 0) is 37.1 Å². The van der Waals surface area contributed by atoms with E-state index in [-0.39, 0.29) is 17.6 Å². The van der Waals surface area contributed by atoms with E-state index in [2.05, 4.69) is 10.1 Å². The SMILES string of the molecule is NC(=NO)C1CCCCN1Cc1cccc(O)c1. The molecule has 1 saturated heterocycles. The summed E-state index contributed by atoms with van der Waals surface area (Å²) in [7, 11) is 0. The predicted octanol–water partition coefficient (Wildman–Crippen LogP) is 1.49. The van der Waals surface area contributed by atoms with Gasteiger partial charge in [0.05, 0.1) is 6.04 Å². The number of oxime groups is 1. The van der Waals surface area contributed by atoms with Crippen LogP contribution in [0.1, 0.15) is 24.8 Å². The highest BCUT2D eigenvalue weighted by Crippen LogP contribution is 2.21. The van der Waals surface area contributed by atoms with Gasteiger partial charge in [-0.25, -0.2) is 0 Å². The fraction of sp³-hybridized carbons (Fsp3) is 0.462. The maximum absolute atomic E-state index is 9.46. The van der Waals surface area contributed by atoms with Crippen molar-refractivity contribution in [2.75, 3.05) is 6.54 Å². The first-order chi connectivity index (χ1) is 8.70. The van der Waals surface area contributed by atoms with Crippen LogP contribution in [0.2, 0.25) is 0 Å². The van der Waals surface area contributed by atoms with Crippen molar-refractivity contribution in [3.63, 3.8) is 0 Å². The van der Waals surface area contributed by atoms with Gasteiger partial charge in [-0.15, -0.1) is 0 Å². The number of benzene rings is 1. The molecule has 18 heavy (non-hydrogen) atoms. The monoisotopic (exact) mass is 249 g/mol. The third-order valence-corrected chi connectivity index (χ3v) is 3.37. The number of nitrogens with zero attached hydrogens (tertiary/aromatic N) is 2. The van der Waals surface area contributed by atoms with E-state index < -0.39 is 0 Å². The Morgan fingerprint density at radius 3 is 3.00 bits per heavy atom. The van der Waals surface area contributed by atoms with Crippen LogP contribution >= 0.6 is 0 Å². The van der Waals surface area contributed by atoms with Gasteiger partial charge in [0.25, 0.3) is 0 Å². The average Bonchev–Trinajstić information content (AvgIpc) is 2.38. The summed E-state index contributed by atoms with van der Waals surface area (Å²) in [6, 6.07) is 7.19. The van der Waals surface area contributed by atoms with Gasteiger partial charge in [-0.2, -0.15) is 0 Å². The van der Waals surface area contributed by atoms with Gasteiger partial charge >= 0.3 is 0 Å². The zero-order chi connectivity index (χ0) is 13.0. The Morgan fingerprint density at radius 1 is 1.44 bits per heavy atom. The van der Waals surface area contributed by atoms with Crippen molar-refractivity contribution < 1.29 is 10.3 Å². The summed E-state index contributed by atoms with van der Waals surface area (Å²) in [5.41, 5.74) is 6.77. The summed E-state index contributed by atoms with van der Waals surface area (Å²) < 4.78 is 0. The molecule has 0 radical (unpaired) electrons. The summed E-state index contributed by atoms with van der Waals surface area (Å²) in [6.45, 7) is 1.63. The van der Waals surface area contributed by atoms with Crippen molar-refractivity contribution in [1.82, 2.24) is 4.90 Å². The molecular formula is C13H19N3O2. The van der Waals surface area contributed by atoms with Gasteiger partial charge in [0.15, 0.2) is 5.84 Å². The number of hydrogen-bond acceptors (Lipinski definition) is 4. The maximum atomic E-state index is 9.46. The number of amidine groups is 1. The Morgan fingerprint density at radius 2 is 2.28 bits per heavy atom. The quantitative estimate of drug-likeness (QED) is 0.328. The van der Waals surface area contributed by atoms with Crippen LogP contribution < -0.4 is 5.73 Å². The van der Waals surface area contributed by atoms with Crippen LogP contribution in [0.5, 0.6) is 5.75 Å². The van der Waals surface area contributed by atoms with E-state index in [1.165, 1.54) is 0 Å². The zero-order valence-corrected chi connectivity index (χ0v) is 10.3. The summed E-state index contributed by atoms with van der Waals surface area (Å²) >= 11 is 0. The molecule has 0 bridgehead atoms. The lowest BCUT2D eigenvalue weighted by Gasteiger charge is -2.34. The van der Waals surface area contributed by atoms with Gasteiger partial charge in [-0.1, -0.05) is 23.7 Å². The molecule has 1 aliphatic rings. The molecule has 1 aliphatic heterocycles. The van der Waals surface area contributed by atoms with Crippen molar-refractivity contribution in [3.05, 3.63) is 29.8 Å². The molecule has 4 N–H and O–H groups in total. The molecule has 2 rings (SSSR count). The average molecular weight is 249 g/mol. The number of phenols is 1. The molecule has 1 aromatic carbocycles. The van der Waals surface area contributed by atoms with Crippen LogP contribution in [0, 0.1) is 0 Å². The highest BCUT2D eigenvalue weighted by Gasteiger charge is 2.25. The number of piperidine rings is 1. The Kier molecular flexibility index (Phi) is 4.04. The molecule has 0 aromatic heterocycles. The molecule has 0 aliphatic carbocycles. The molecular weight excluding hydrogens is 230 g/mol. The lowest BCUT2D eigenvalue weighted by atomic mass is 10.0. The second-order valence-corrected chi connectivity index (χ2v) is 4.68. The van der Waals surface area contributed by atoms with Crippen molar-refractivity contribution in [2.45, 2.75) is 31.8 Å². The number of aromatic hydroxyl groups is 1. The number of phenolic OH excluding ortho intramolecular Hbond substituents is 1. The van der Waals surface area contributed by atoms with Crippen LogP contribution in [0.4, 0.5) is 0 Å². The molecule has 0 amide bonds. The van der Waals surface area contributed by atoms with E-state index in [1.807, 2.05) is 12.1 Å². The molecule has 98 valence electrons. The van der Waals surface area contributed by atoms with Crippen LogP contribution in [-0.2, 0) is 6.54 Å². The van der Waals surface area contributed by atoms with Crippen molar-refractivity contribution in [3.8, 4) is 5.75 Å². The number of nitrogens with two attached hydrogens (primary N) is 1. The Hall–Kier alpha value is -1.75. The van der Waals surface area contributed by atoms with Crippen molar-refractivity contribution in [1.29, 1.82) is 0 Å². The van der Waals surface area contributed by atoms with E-state index in [4.69, 9.17) is 10.9 Å². The zero-order valence-electron chi connectivity index (χ0n) is 10.3. The lowest BCUT2D eigenvalue weighted by molar-refractivity contribution is 0.178. The van der Waals surface area contributed by atoms with Crippen LogP contribution in [0.15, 0.2) is 29.4 Å². The largest absolute Gasteiger partial charge is 0.508 e. The molecule has 1 aromatic rings. The van der Waals surface area contributed by atoms with Gasteiger partial charge in [-0.3, -0.25) is 4.90 Å². The normalized spacial score (nSPS) is 22.0. The second kappa shape index (κ2) is 5.73. The molecule has 1 fully saturated rings. The second-order valence-electron chi connectivity index (χ2n) is 4.68. The first kappa shape index (κ1) is 12.7. The van der Waals surface area contributed by atoms with Crippen LogP contribution in [0.25, 0.3) is 0 Å². The Bertz CT molecular complexity index is 434. The maximum Gasteiger partial charge on any atom is 0.156 e. The first-order valence-electron chi connectivity index (χ1n) is 6.20. The predicted molar refractivity (Wildman–Crippen MR) is 69.6 cm³/mol. The smallest absolute Gasteiger partial charge is 0.156 e.